The van der Waals surface area contributed by atoms with E-state index in [2.05, 4.69) is 16.9 Å². The van der Waals surface area contributed by atoms with Gasteiger partial charge in [-0.2, -0.15) is 0 Å². The number of nitrogens with two attached hydrogens (primary N) is 1. The summed E-state index contributed by atoms with van der Waals surface area (Å²) in [7, 11) is -3.51. The normalized spacial score (nSPS) is 17.1. The molecule has 0 aliphatic heterocycles. The van der Waals surface area contributed by atoms with E-state index in [4.69, 9.17) is 5.73 Å². The van der Waals surface area contributed by atoms with Crippen molar-refractivity contribution in [2.45, 2.75) is 23.8 Å². The highest BCUT2D eigenvalue weighted by molar-refractivity contribution is 7.89. The van der Waals surface area contributed by atoms with Crippen LogP contribution in [0.3, 0.4) is 0 Å². The molecule has 1 atom stereocenters. The van der Waals surface area contributed by atoms with Crippen molar-refractivity contribution in [2.24, 2.45) is 5.73 Å². The molecule has 1 aliphatic rings. The van der Waals surface area contributed by atoms with E-state index in [1.807, 2.05) is 12.1 Å². The van der Waals surface area contributed by atoms with Gasteiger partial charge in [-0.05, 0) is 29.2 Å². The first-order chi connectivity index (χ1) is 10.1. The van der Waals surface area contributed by atoms with Gasteiger partial charge in [-0.3, -0.25) is 0 Å². The highest BCUT2D eigenvalue weighted by Gasteiger charge is 2.27. The molecular formula is C16H18N2O2S. The topological polar surface area (TPSA) is 72.2 Å². The maximum absolute atomic E-state index is 12.4. The maximum atomic E-state index is 12.4. The Morgan fingerprint density at radius 3 is 2.57 bits per heavy atom. The summed E-state index contributed by atoms with van der Waals surface area (Å²) in [6.45, 7) is 0.640. The van der Waals surface area contributed by atoms with Crippen molar-refractivity contribution in [2.75, 3.05) is 6.54 Å². The second kappa shape index (κ2) is 5.60. The SMILES string of the molecule is NCc1ccccc1S(=O)(=O)NCC1Cc2ccccc21. The van der Waals surface area contributed by atoms with E-state index >= 15 is 0 Å². The van der Waals surface area contributed by atoms with Gasteiger partial charge in [0, 0.05) is 19.0 Å². The van der Waals surface area contributed by atoms with E-state index in [9.17, 15) is 8.42 Å². The Morgan fingerprint density at radius 1 is 1.10 bits per heavy atom. The Kier molecular flexibility index (Phi) is 3.80. The molecule has 2 aromatic rings. The molecule has 0 bridgehead atoms. The predicted molar refractivity (Wildman–Crippen MR) is 82.4 cm³/mol. The number of hydrogen-bond donors (Lipinski definition) is 2. The van der Waals surface area contributed by atoms with Crippen molar-refractivity contribution in [3.05, 3.63) is 65.2 Å². The maximum Gasteiger partial charge on any atom is 0.240 e. The summed E-state index contributed by atoms with van der Waals surface area (Å²) >= 11 is 0. The molecule has 5 heteroatoms. The fourth-order valence-electron chi connectivity index (χ4n) is 2.77. The molecule has 0 heterocycles. The Labute approximate surface area is 125 Å². The van der Waals surface area contributed by atoms with E-state index < -0.39 is 10.0 Å². The molecule has 0 fully saturated rings. The number of fused-ring (bicyclic) bond motifs is 1. The largest absolute Gasteiger partial charge is 0.326 e. The van der Waals surface area contributed by atoms with Crippen molar-refractivity contribution in [3.63, 3.8) is 0 Å². The number of nitrogens with one attached hydrogen (secondary N) is 1. The molecule has 0 saturated heterocycles. The van der Waals surface area contributed by atoms with Crippen LogP contribution >= 0.6 is 0 Å². The van der Waals surface area contributed by atoms with E-state index in [1.165, 1.54) is 11.1 Å². The minimum absolute atomic E-state index is 0.212. The molecular weight excluding hydrogens is 284 g/mol. The van der Waals surface area contributed by atoms with Gasteiger partial charge in [0.15, 0.2) is 0 Å². The lowest BCUT2D eigenvalue weighted by molar-refractivity contribution is 0.551. The summed E-state index contributed by atoms with van der Waals surface area (Å²) in [6, 6.07) is 15.0. The molecule has 0 spiro atoms. The van der Waals surface area contributed by atoms with Crippen LogP contribution in [0.4, 0.5) is 0 Å². The lowest BCUT2D eigenvalue weighted by Crippen LogP contribution is -2.33. The van der Waals surface area contributed by atoms with Crippen LogP contribution in [0.1, 0.15) is 22.6 Å². The number of rotatable bonds is 5. The van der Waals surface area contributed by atoms with Crippen LogP contribution in [0, 0.1) is 0 Å². The van der Waals surface area contributed by atoms with Gasteiger partial charge in [0.1, 0.15) is 0 Å². The number of hydrogen-bond acceptors (Lipinski definition) is 3. The quantitative estimate of drug-likeness (QED) is 0.884. The molecule has 4 nitrogen and oxygen atoms in total. The van der Waals surface area contributed by atoms with Crippen molar-refractivity contribution in [1.82, 2.24) is 4.72 Å². The van der Waals surface area contributed by atoms with Gasteiger partial charge >= 0.3 is 0 Å². The zero-order chi connectivity index (χ0) is 14.9. The summed E-state index contributed by atoms with van der Waals surface area (Å²) in [5.74, 6) is 0.265. The zero-order valence-electron chi connectivity index (χ0n) is 11.6. The molecule has 3 N–H and O–H groups in total. The molecule has 110 valence electrons. The van der Waals surface area contributed by atoms with Gasteiger partial charge in [-0.25, -0.2) is 13.1 Å². The van der Waals surface area contributed by atoms with Gasteiger partial charge < -0.3 is 5.73 Å². The van der Waals surface area contributed by atoms with Gasteiger partial charge in [0.05, 0.1) is 4.90 Å². The molecule has 21 heavy (non-hydrogen) atoms. The van der Waals surface area contributed by atoms with Crippen LogP contribution in [0.15, 0.2) is 53.4 Å². The first-order valence-corrected chi connectivity index (χ1v) is 8.45. The summed E-state index contributed by atoms with van der Waals surface area (Å²) in [5.41, 5.74) is 8.80. The van der Waals surface area contributed by atoms with Crippen molar-refractivity contribution in [3.8, 4) is 0 Å². The van der Waals surface area contributed by atoms with E-state index in [1.54, 1.807) is 24.3 Å². The van der Waals surface area contributed by atoms with Crippen molar-refractivity contribution >= 4 is 10.0 Å². The second-order valence-electron chi connectivity index (χ2n) is 5.26. The van der Waals surface area contributed by atoms with Crippen molar-refractivity contribution < 1.29 is 8.42 Å². The summed E-state index contributed by atoms with van der Waals surface area (Å²) in [6.07, 6.45) is 0.928. The van der Waals surface area contributed by atoms with E-state index in [0.717, 1.165) is 6.42 Å². The fourth-order valence-corrected chi connectivity index (χ4v) is 4.10. The van der Waals surface area contributed by atoms with Crippen LogP contribution in [-0.4, -0.2) is 15.0 Å². The Bertz CT molecular complexity index is 756. The third-order valence-corrected chi connectivity index (χ3v) is 5.49. The Balaban J connectivity index is 1.73. The number of benzene rings is 2. The molecule has 2 aromatic carbocycles. The van der Waals surface area contributed by atoms with Crippen molar-refractivity contribution in [1.29, 1.82) is 0 Å². The lowest BCUT2D eigenvalue weighted by atomic mass is 9.78. The molecule has 0 radical (unpaired) electrons. The predicted octanol–water partition coefficient (Wildman–Crippen LogP) is 1.76. The molecule has 0 aromatic heterocycles. The summed E-state index contributed by atoms with van der Waals surface area (Å²) in [5, 5.41) is 0. The van der Waals surface area contributed by atoms with Crippen LogP contribution in [0.5, 0.6) is 0 Å². The molecule has 0 saturated carbocycles. The average molecular weight is 302 g/mol. The second-order valence-corrected chi connectivity index (χ2v) is 7.00. The summed E-state index contributed by atoms with van der Waals surface area (Å²) in [4.78, 5) is 0.278. The highest BCUT2D eigenvalue weighted by Crippen LogP contribution is 2.34. The van der Waals surface area contributed by atoms with Crippen LogP contribution < -0.4 is 10.5 Å². The third kappa shape index (κ3) is 2.72. The minimum atomic E-state index is -3.51. The van der Waals surface area contributed by atoms with Crippen LogP contribution in [0.2, 0.25) is 0 Å². The Morgan fingerprint density at radius 2 is 1.81 bits per heavy atom. The molecule has 1 unspecified atom stereocenters. The first kappa shape index (κ1) is 14.3. The van der Waals surface area contributed by atoms with E-state index in [0.29, 0.717) is 12.1 Å². The lowest BCUT2D eigenvalue weighted by Gasteiger charge is -2.30. The standard InChI is InChI=1S/C16H18N2O2S/c17-10-13-6-2-4-8-16(13)21(19,20)18-11-14-9-12-5-1-3-7-15(12)14/h1-8,14,18H,9-11,17H2. The van der Waals surface area contributed by atoms with Crippen LogP contribution in [-0.2, 0) is 23.0 Å². The van der Waals surface area contributed by atoms with Gasteiger partial charge in [0.25, 0.3) is 0 Å². The molecule has 1 aliphatic carbocycles. The Hall–Kier alpha value is -1.69. The smallest absolute Gasteiger partial charge is 0.240 e. The minimum Gasteiger partial charge on any atom is -0.326 e. The molecule has 0 amide bonds. The van der Waals surface area contributed by atoms with Gasteiger partial charge in [-0.1, -0.05) is 42.5 Å². The monoisotopic (exact) mass is 302 g/mol. The van der Waals surface area contributed by atoms with Gasteiger partial charge in [0.2, 0.25) is 10.0 Å². The highest BCUT2D eigenvalue weighted by atomic mass is 32.2. The molecule has 3 rings (SSSR count). The average Bonchev–Trinajstić information content (AvgIpc) is 2.48. The summed E-state index contributed by atoms with van der Waals surface area (Å²) < 4.78 is 27.5. The fraction of sp³-hybridized carbons (Fsp3) is 0.250. The van der Waals surface area contributed by atoms with Gasteiger partial charge in [-0.15, -0.1) is 0 Å². The first-order valence-electron chi connectivity index (χ1n) is 6.97. The third-order valence-electron chi connectivity index (χ3n) is 3.96. The number of sulfonamides is 1. The van der Waals surface area contributed by atoms with E-state index in [-0.39, 0.29) is 17.4 Å². The van der Waals surface area contributed by atoms with Crippen LogP contribution in [0.25, 0.3) is 0 Å². The zero-order valence-corrected chi connectivity index (χ0v) is 12.4.